The molecule has 2 unspecified atom stereocenters. The molecule has 0 aromatic carbocycles. The summed E-state index contributed by atoms with van der Waals surface area (Å²) in [6.45, 7) is 4.83. The molecule has 0 fully saturated rings. The molecule has 9 heteroatoms. The van der Waals surface area contributed by atoms with E-state index in [-0.39, 0.29) is 32.2 Å². The third-order valence-electron chi connectivity index (χ3n) is 21.4. The zero-order chi connectivity index (χ0) is 74.6. The lowest BCUT2D eigenvalue weighted by Gasteiger charge is -2.26. The van der Waals surface area contributed by atoms with Gasteiger partial charge < -0.3 is 33.3 Å². The molecule has 0 saturated carbocycles. The SMILES string of the molecule is CCCCCCC/C=C\C/C=C\C/C=C\CCCCCCCCCCCCCCCCCCCCCCCCCCC(=O)OC(COC(=O)CCCCCCCCCCCCCCCCCCCCCCCCCCCCCCCCCCCCCCCCC)COC(OCC[N+](C)(C)C)C(=O)[O-]. The highest BCUT2D eigenvalue weighted by atomic mass is 16.7. The van der Waals surface area contributed by atoms with Gasteiger partial charge in [-0.25, -0.2) is 0 Å². The molecule has 0 N–H and O–H groups in total. The van der Waals surface area contributed by atoms with Crippen molar-refractivity contribution in [3.05, 3.63) is 36.5 Å². The second-order valence-electron chi connectivity index (χ2n) is 33.0. The summed E-state index contributed by atoms with van der Waals surface area (Å²) in [5.41, 5.74) is 0. The number of hydrogen-bond acceptors (Lipinski definition) is 8. The monoisotopic (exact) mass is 1450 g/mol. The van der Waals surface area contributed by atoms with Crippen molar-refractivity contribution in [1.29, 1.82) is 0 Å². The summed E-state index contributed by atoms with van der Waals surface area (Å²) in [5.74, 6) is -2.24. The number of allylic oxidation sites excluding steroid dienone is 6. The summed E-state index contributed by atoms with van der Waals surface area (Å²) >= 11 is 0. The summed E-state index contributed by atoms with van der Waals surface area (Å²) in [7, 11) is 5.96. The van der Waals surface area contributed by atoms with Gasteiger partial charge in [0.25, 0.3) is 0 Å². The minimum atomic E-state index is -1.62. The molecule has 0 aliphatic heterocycles. The van der Waals surface area contributed by atoms with E-state index in [1.54, 1.807) is 0 Å². The number of ether oxygens (including phenoxy) is 4. The van der Waals surface area contributed by atoms with E-state index in [1.807, 2.05) is 21.1 Å². The van der Waals surface area contributed by atoms with E-state index in [1.165, 1.54) is 411 Å². The Bertz CT molecular complexity index is 1790. The number of carbonyl (C=O) groups excluding carboxylic acids is 3. The van der Waals surface area contributed by atoms with Gasteiger partial charge in [0.15, 0.2) is 12.4 Å². The van der Waals surface area contributed by atoms with Crippen molar-refractivity contribution >= 4 is 17.9 Å². The number of aliphatic carboxylic acids is 1. The number of hydrogen-bond donors (Lipinski definition) is 0. The largest absolute Gasteiger partial charge is 0.545 e. The number of carboxylic acid groups (broad SMARTS) is 1. The van der Waals surface area contributed by atoms with E-state index in [0.717, 1.165) is 51.4 Å². The average molecular weight is 1450 g/mol. The van der Waals surface area contributed by atoms with Gasteiger partial charge in [0, 0.05) is 12.8 Å². The van der Waals surface area contributed by atoms with Crippen LogP contribution in [0.2, 0.25) is 0 Å². The summed E-state index contributed by atoms with van der Waals surface area (Å²) < 4.78 is 22.9. The lowest BCUT2D eigenvalue weighted by Crippen LogP contribution is -2.44. The van der Waals surface area contributed by atoms with Gasteiger partial charge in [-0.05, 0) is 51.4 Å². The maximum atomic E-state index is 13.0. The van der Waals surface area contributed by atoms with E-state index < -0.39 is 24.3 Å². The highest BCUT2D eigenvalue weighted by molar-refractivity contribution is 5.70. The molecule has 608 valence electrons. The molecule has 9 nitrogen and oxygen atoms in total. The minimum Gasteiger partial charge on any atom is -0.545 e. The molecule has 0 aromatic rings. The van der Waals surface area contributed by atoms with Gasteiger partial charge in [0.1, 0.15) is 13.2 Å². The van der Waals surface area contributed by atoms with Gasteiger partial charge in [-0.3, -0.25) is 9.59 Å². The van der Waals surface area contributed by atoms with E-state index in [0.29, 0.717) is 17.4 Å². The molecular weight excluding hydrogens is 1270 g/mol. The predicted molar refractivity (Wildman–Crippen MR) is 445 cm³/mol. The van der Waals surface area contributed by atoms with Crippen molar-refractivity contribution in [3.63, 3.8) is 0 Å². The third kappa shape index (κ3) is 86.6. The van der Waals surface area contributed by atoms with Crippen molar-refractivity contribution < 1.29 is 42.9 Å². The Labute approximate surface area is 642 Å². The maximum Gasteiger partial charge on any atom is 0.306 e. The van der Waals surface area contributed by atoms with Crippen LogP contribution >= 0.6 is 0 Å². The van der Waals surface area contributed by atoms with Gasteiger partial charge in [0.05, 0.1) is 40.3 Å². The fourth-order valence-corrected chi connectivity index (χ4v) is 14.4. The molecule has 2 atom stereocenters. The highest BCUT2D eigenvalue weighted by Crippen LogP contribution is 2.21. The fourth-order valence-electron chi connectivity index (χ4n) is 14.4. The van der Waals surface area contributed by atoms with Crippen LogP contribution in [0.25, 0.3) is 0 Å². The molecular formula is C94H179NO8. The number of nitrogens with zero attached hydrogens (tertiary/aromatic N) is 1. The van der Waals surface area contributed by atoms with Gasteiger partial charge in [0.2, 0.25) is 0 Å². The summed E-state index contributed by atoms with van der Waals surface area (Å²) in [5, 5.41) is 11.9. The van der Waals surface area contributed by atoms with Gasteiger partial charge in [-0.15, -0.1) is 0 Å². The van der Waals surface area contributed by atoms with E-state index in [9.17, 15) is 19.5 Å². The summed E-state index contributed by atoms with van der Waals surface area (Å²) in [6.07, 6.45) is 109. The van der Waals surface area contributed by atoms with Crippen molar-refractivity contribution in [2.45, 2.75) is 501 Å². The molecule has 0 rings (SSSR count). The van der Waals surface area contributed by atoms with Gasteiger partial charge >= 0.3 is 11.9 Å². The van der Waals surface area contributed by atoms with Crippen LogP contribution in [0.15, 0.2) is 36.5 Å². The topological polar surface area (TPSA) is 111 Å². The smallest absolute Gasteiger partial charge is 0.306 e. The van der Waals surface area contributed by atoms with E-state index in [4.69, 9.17) is 18.9 Å². The van der Waals surface area contributed by atoms with Gasteiger partial charge in [-0.1, -0.05) is 461 Å². The van der Waals surface area contributed by atoms with E-state index >= 15 is 0 Å². The Morgan fingerprint density at radius 1 is 0.291 bits per heavy atom. The minimum absolute atomic E-state index is 0.152. The second kappa shape index (κ2) is 85.1. The number of carboxylic acids is 1. The number of quaternary nitrogens is 1. The summed E-state index contributed by atoms with van der Waals surface area (Å²) in [6, 6.07) is 0. The second-order valence-corrected chi connectivity index (χ2v) is 33.0. The summed E-state index contributed by atoms with van der Waals surface area (Å²) in [4.78, 5) is 37.7. The van der Waals surface area contributed by atoms with Crippen LogP contribution in [-0.2, 0) is 33.3 Å². The van der Waals surface area contributed by atoms with Crippen LogP contribution < -0.4 is 5.11 Å². The van der Waals surface area contributed by atoms with Crippen molar-refractivity contribution in [1.82, 2.24) is 0 Å². The molecule has 0 heterocycles. The molecule has 103 heavy (non-hydrogen) atoms. The zero-order valence-electron chi connectivity index (χ0n) is 70.0. The Morgan fingerprint density at radius 2 is 0.524 bits per heavy atom. The number of esters is 2. The van der Waals surface area contributed by atoms with Gasteiger partial charge in [-0.2, -0.15) is 0 Å². The number of carbonyl (C=O) groups is 3. The first kappa shape index (κ1) is 101. The normalized spacial score (nSPS) is 12.7. The van der Waals surface area contributed by atoms with Crippen LogP contribution in [0.5, 0.6) is 0 Å². The maximum absolute atomic E-state index is 13.0. The first-order chi connectivity index (χ1) is 50.6. The molecule has 0 bridgehead atoms. The van der Waals surface area contributed by atoms with Crippen molar-refractivity contribution in [2.75, 3.05) is 47.5 Å². The molecule has 0 amide bonds. The van der Waals surface area contributed by atoms with E-state index in [2.05, 4.69) is 50.3 Å². The lowest BCUT2D eigenvalue weighted by atomic mass is 10.0. The van der Waals surface area contributed by atoms with Crippen LogP contribution in [0.4, 0.5) is 0 Å². The Balaban J connectivity index is 3.88. The van der Waals surface area contributed by atoms with Crippen molar-refractivity contribution in [3.8, 4) is 0 Å². The molecule has 0 aliphatic carbocycles. The Hall–Kier alpha value is -2.49. The predicted octanol–water partition coefficient (Wildman–Crippen LogP) is 28.8. The Kier molecular flexibility index (Phi) is 83.1. The Morgan fingerprint density at radius 3 is 0.777 bits per heavy atom. The number of rotatable bonds is 88. The first-order valence-electron chi connectivity index (χ1n) is 46.1. The van der Waals surface area contributed by atoms with Crippen LogP contribution in [-0.4, -0.2) is 82.3 Å². The quantitative estimate of drug-likeness (QED) is 0.0195. The van der Waals surface area contributed by atoms with Crippen LogP contribution in [0.3, 0.4) is 0 Å². The molecule has 0 aliphatic rings. The lowest BCUT2D eigenvalue weighted by molar-refractivity contribution is -0.870. The third-order valence-corrected chi connectivity index (χ3v) is 21.4. The molecule has 0 spiro atoms. The number of unbranched alkanes of at least 4 members (excludes halogenated alkanes) is 67. The fraction of sp³-hybridized carbons (Fsp3) is 0.904. The molecule has 0 saturated heterocycles. The molecule has 0 aromatic heterocycles. The standard InChI is InChI=1S/C94H179NO8/c1-6-8-10-12-14-16-18-20-22-24-26-28-30-32-34-36-38-40-42-44-46-48-50-52-54-56-58-60-62-64-66-68-70-72-74-76-78-80-82-84-91(96)101-88-90(89-102-94(93(98)99)100-87-86-95(3,4)5)103-92(97)85-83-81-79-77-75-73-71-69-67-65-63-61-59-57-55-53-51-49-47-45-43-41-39-37-35-33-31-29-27-25-23-21-19-17-15-13-11-9-7-2/h19,21,25,27,31,33,90,94H,6-18,20,22-24,26,28-30,32,34-89H2,1-5H3/b21-19-,27-25-,33-31-. The average Bonchev–Trinajstić information content (AvgIpc) is 0.985. The zero-order valence-corrected chi connectivity index (χ0v) is 70.0. The molecule has 0 radical (unpaired) electrons. The van der Waals surface area contributed by atoms with Crippen molar-refractivity contribution in [2.24, 2.45) is 0 Å². The highest BCUT2D eigenvalue weighted by Gasteiger charge is 2.22. The number of likely N-dealkylation sites (N-methyl/N-ethyl adjacent to an activating group) is 1. The first-order valence-corrected chi connectivity index (χ1v) is 46.1. The van der Waals surface area contributed by atoms with Crippen LogP contribution in [0.1, 0.15) is 489 Å². The van der Waals surface area contributed by atoms with Crippen LogP contribution in [0, 0.1) is 0 Å².